The molecule has 0 aliphatic carbocycles. The zero-order valence-electron chi connectivity index (χ0n) is 20.2. The van der Waals surface area contributed by atoms with Crippen molar-refractivity contribution in [2.75, 3.05) is 31.1 Å². The Morgan fingerprint density at radius 3 is 2.71 bits per heavy atom. The Hall–Kier alpha value is -3.12. The molecule has 3 aromatic rings. The van der Waals surface area contributed by atoms with Crippen LogP contribution in [0.5, 0.6) is 5.75 Å². The number of ether oxygens (including phenoxy) is 1. The Balaban J connectivity index is 1.61. The fourth-order valence-electron chi connectivity index (χ4n) is 4.56. The van der Waals surface area contributed by atoms with Crippen LogP contribution in [0.1, 0.15) is 50.7 Å². The van der Waals surface area contributed by atoms with Gasteiger partial charge in [0.1, 0.15) is 17.0 Å². The van der Waals surface area contributed by atoms with E-state index < -0.39 is 5.63 Å². The lowest BCUT2D eigenvalue weighted by molar-refractivity contribution is -0.120. The van der Waals surface area contributed by atoms with E-state index in [1.807, 2.05) is 30.3 Å². The van der Waals surface area contributed by atoms with Gasteiger partial charge in [0.15, 0.2) is 0 Å². The van der Waals surface area contributed by atoms with Gasteiger partial charge in [0.25, 0.3) is 0 Å². The number of carbonyl (C=O) groups excluding carboxylic acids is 1. The summed E-state index contributed by atoms with van der Waals surface area (Å²) in [7, 11) is 0. The van der Waals surface area contributed by atoms with Crippen LogP contribution in [0.2, 0.25) is 0 Å². The molecular weight excluding hydrogens is 428 g/mol. The molecule has 0 bridgehead atoms. The number of aryl methyl sites for hydroxylation is 1. The molecule has 4 rings (SSSR count). The molecule has 0 spiro atoms. The molecule has 2 heterocycles. The predicted octanol–water partition coefficient (Wildman–Crippen LogP) is 5.16. The van der Waals surface area contributed by atoms with E-state index in [0.29, 0.717) is 31.0 Å². The molecule has 34 heavy (non-hydrogen) atoms. The van der Waals surface area contributed by atoms with Gasteiger partial charge in [-0.1, -0.05) is 50.6 Å². The Labute approximate surface area is 201 Å². The summed E-state index contributed by atoms with van der Waals surface area (Å²) >= 11 is 0. The number of amides is 1. The van der Waals surface area contributed by atoms with Crippen LogP contribution in [-0.4, -0.2) is 37.0 Å². The normalized spacial score (nSPS) is 13.3. The molecule has 180 valence electrons. The zero-order chi connectivity index (χ0) is 23.9. The fourth-order valence-corrected chi connectivity index (χ4v) is 4.56. The van der Waals surface area contributed by atoms with Crippen LogP contribution >= 0.6 is 0 Å². The largest absolute Gasteiger partial charge is 0.494 e. The molecule has 1 aliphatic heterocycles. The van der Waals surface area contributed by atoms with E-state index in [1.54, 1.807) is 11.0 Å². The SMILES string of the molecule is CCCCN(CC(=O)N1CCCc2c1c(=O)oc1ccc(OCCC)cc21)Cc1ccccc1. The minimum atomic E-state index is -0.444. The van der Waals surface area contributed by atoms with Gasteiger partial charge < -0.3 is 14.1 Å². The van der Waals surface area contributed by atoms with Gasteiger partial charge in [0, 0.05) is 18.5 Å². The highest BCUT2D eigenvalue weighted by Gasteiger charge is 2.29. The highest BCUT2D eigenvalue weighted by atomic mass is 16.5. The Bertz CT molecular complexity index is 1170. The lowest BCUT2D eigenvalue weighted by Crippen LogP contribution is -2.44. The van der Waals surface area contributed by atoms with Crippen LogP contribution in [0.3, 0.4) is 0 Å². The number of rotatable bonds is 10. The monoisotopic (exact) mass is 462 g/mol. The summed E-state index contributed by atoms with van der Waals surface area (Å²) in [4.78, 5) is 30.3. The first kappa shape index (κ1) is 24.0. The zero-order valence-corrected chi connectivity index (χ0v) is 20.2. The number of nitrogens with zero attached hydrogens (tertiary/aromatic N) is 2. The van der Waals surface area contributed by atoms with Gasteiger partial charge in [0.2, 0.25) is 5.91 Å². The van der Waals surface area contributed by atoms with E-state index in [0.717, 1.165) is 55.3 Å². The first-order valence-electron chi connectivity index (χ1n) is 12.4. The maximum absolute atomic E-state index is 13.5. The van der Waals surface area contributed by atoms with E-state index >= 15 is 0 Å². The van der Waals surface area contributed by atoms with E-state index in [1.165, 1.54) is 5.56 Å². The molecule has 6 heteroatoms. The van der Waals surface area contributed by atoms with Crippen molar-refractivity contribution in [1.82, 2.24) is 4.90 Å². The van der Waals surface area contributed by atoms with Crippen LogP contribution in [0, 0.1) is 0 Å². The third-order valence-electron chi connectivity index (χ3n) is 6.25. The summed E-state index contributed by atoms with van der Waals surface area (Å²) in [5, 5.41) is 0.854. The standard InChI is InChI=1S/C28H34N2O4/c1-3-5-15-29(19-21-10-7-6-8-11-21)20-26(31)30-16-9-12-23-24-18-22(33-17-4-2)13-14-25(24)34-28(32)27(23)30/h6-8,10-11,13-14,18H,3-5,9,12,15-17,19-20H2,1-2H3. The van der Waals surface area contributed by atoms with Crippen LogP contribution < -0.4 is 15.3 Å². The highest BCUT2D eigenvalue weighted by molar-refractivity contribution is 5.98. The molecule has 0 N–H and O–H groups in total. The van der Waals surface area contributed by atoms with Crippen LogP contribution in [0.15, 0.2) is 57.7 Å². The predicted molar refractivity (Wildman–Crippen MR) is 136 cm³/mol. The van der Waals surface area contributed by atoms with Gasteiger partial charge in [-0.25, -0.2) is 4.79 Å². The van der Waals surface area contributed by atoms with Crippen molar-refractivity contribution < 1.29 is 13.9 Å². The summed E-state index contributed by atoms with van der Waals surface area (Å²) in [5.41, 5.74) is 2.55. The lowest BCUT2D eigenvalue weighted by atomic mass is 9.98. The summed E-state index contributed by atoms with van der Waals surface area (Å²) < 4.78 is 11.4. The molecule has 6 nitrogen and oxygen atoms in total. The third kappa shape index (κ3) is 5.50. The quantitative estimate of drug-likeness (QED) is 0.389. The van der Waals surface area contributed by atoms with Gasteiger partial charge >= 0.3 is 5.63 Å². The number of carbonyl (C=O) groups is 1. The van der Waals surface area contributed by atoms with Crippen molar-refractivity contribution >= 4 is 22.6 Å². The number of hydrogen-bond acceptors (Lipinski definition) is 5. The molecule has 1 aromatic heterocycles. The number of hydrogen-bond donors (Lipinski definition) is 0. The van der Waals surface area contributed by atoms with Crippen molar-refractivity contribution in [2.24, 2.45) is 0 Å². The lowest BCUT2D eigenvalue weighted by Gasteiger charge is -2.31. The van der Waals surface area contributed by atoms with Gasteiger partial charge in [0.05, 0.1) is 13.2 Å². The van der Waals surface area contributed by atoms with E-state index in [2.05, 4.69) is 30.9 Å². The van der Waals surface area contributed by atoms with Gasteiger partial charge in [-0.15, -0.1) is 0 Å². The minimum absolute atomic E-state index is 0.0574. The molecule has 0 saturated heterocycles. The van der Waals surface area contributed by atoms with Crippen LogP contribution in [-0.2, 0) is 17.8 Å². The van der Waals surface area contributed by atoms with Gasteiger partial charge in [-0.05, 0) is 61.6 Å². The van der Waals surface area contributed by atoms with Crippen molar-refractivity contribution in [3.63, 3.8) is 0 Å². The molecule has 0 saturated carbocycles. The fraction of sp³-hybridized carbons (Fsp3) is 0.429. The van der Waals surface area contributed by atoms with Crippen molar-refractivity contribution in [3.05, 3.63) is 70.1 Å². The summed E-state index contributed by atoms with van der Waals surface area (Å²) in [6.07, 6.45) is 4.54. The molecule has 1 amide bonds. The summed E-state index contributed by atoms with van der Waals surface area (Å²) in [6.45, 7) is 7.18. The van der Waals surface area contributed by atoms with Crippen molar-refractivity contribution in [3.8, 4) is 5.75 Å². The smallest absolute Gasteiger partial charge is 0.360 e. The molecule has 0 unspecified atom stereocenters. The Kier molecular flexibility index (Phi) is 8.01. The molecular formula is C28H34N2O4. The number of unbranched alkanes of at least 4 members (excludes halogenated alkanes) is 1. The molecule has 0 atom stereocenters. The maximum atomic E-state index is 13.5. The number of anilines is 1. The van der Waals surface area contributed by atoms with Crippen molar-refractivity contribution in [1.29, 1.82) is 0 Å². The topological polar surface area (TPSA) is 63.0 Å². The van der Waals surface area contributed by atoms with Crippen LogP contribution in [0.4, 0.5) is 5.69 Å². The average molecular weight is 463 g/mol. The minimum Gasteiger partial charge on any atom is -0.494 e. The first-order chi connectivity index (χ1) is 16.6. The van der Waals surface area contributed by atoms with Gasteiger partial charge in [-0.3, -0.25) is 9.69 Å². The molecule has 1 aliphatic rings. The van der Waals surface area contributed by atoms with Crippen LogP contribution in [0.25, 0.3) is 11.0 Å². The van der Waals surface area contributed by atoms with E-state index in [4.69, 9.17) is 9.15 Å². The highest BCUT2D eigenvalue weighted by Crippen LogP contribution is 2.33. The molecule has 0 fully saturated rings. The van der Waals surface area contributed by atoms with Gasteiger partial charge in [-0.2, -0.15) is 0 Å². The van der Waals surface area contributed by atoms with E-state index in [-0.39, 0.29) is 12.5 Å². The third-order valence-corrected chi connectivity index (χ3v) is 6.25. The second kappa shape index (κ2) is 11.3. The summed E-state index contributed by atoms with van der Waals surface area (Å²) in [5.74, 6) is 0.695. The van der Waals surface area contributed by atoms with E-state index in [9.17, 15) is 9.59 Å². The first-order valence-corrected chi connectivity index (χ1v) is 12.4. The summed E-state index contributed by atoms with van der Waals surface area (Å²) in [6, 6.07) is 15.7. The number of benzene rings is 2. The molecule has 2 aromatic carbocycles. The van der Waals surface area contributed by atoms with Crippen molar-refractivity contribution in [2.45, 2.75) is 52.5 Å². The Morgan fingerprint density at radius 1 is 1.12 bits per heavy atom. The Morgan fingerprint density at radius 2 is 1.94 bits per heavy atom. The second-order valence-corrected chi connectivity index (χ2v) is 8.92. The maximum Gasteiger partial charge on any atom is 0.360 e. The average Bonchev–Trinajstić information content (AvgIpc) is 2.86. The second-order valence-electron chi connectivity index (χ2n) is 8.92. The number of fused-ring (bicyclic) bond motifs is 3. The molecule has 0 radical (unpaired) electrons.